The molecule has 176 valence electrons. The fraction of sp³-hybridized carbons (Fsp3) is 0.360. The molecule has 7 nitrogen and oxygen atoms in total. The number of oxazole rings is 1. The van der Waals surface area contributed by atoms with Crippen molar-refractivity contribution >= 4 is 16.7 Å². The zero-order valence-corrected chi connectivity index (χ0v) is 20.3. The smallest absolute Gasteiger partial charge is 0.232 e. The molecular weight excluding hydrogens is 440 g/mol. The largest absolute Gasteiger partial charge is 0.493 e. The SMILES string of the molecule is CCOc1cc(CCNC(=O)CS(=O)Cc2nc(-c3cccc(C)c3)oc2C)ccc1OC. The summed E-state index contributed by atoms with van der Waals surface area (Å²) in [5, 5.41) is 2.83. The van der Waals surface area contributed by atoms with Crippen LogP contribution >= 0.6 is 0 Å². The van der Waals surface area contributed by atoms with Crippen molar-refractivity contribution in [2.24, 2.45) is 0 Å². The highest BCUT2D eigenvalue weighted by atomic mass is 32.2. The summed E-state index contributed by atoms with van der Waals surface area (Å²) < 4.78 is 29.2. The fourth-order valence-electron chi connectivity index (χ4n) is 3.36. The van der Waals surface area contributed by atoms with Gasteiger partial charge in [0.05, 0.1) is 25.2 Å². The number of methoxy groups -OCH3 is 1. The van der Waals surface area contributed by atoms with Crippen molar-refractivity contribution in [2.75, 3.05) is 26.0 Å². The van der Waals surface area contributed by atoms with E-state index in [0.717, 1.165) is 16.7 Å². The van der Waals surface area contributed by atoms with E-state index in [-0.39, 0.29) is 17.4 Å². The number of aryl methyl sites for hydroxylation is 2. The number of nitrogens with zero attached hydrogens (tertiary/aromatic N) is 1. The quantitative estimate of drug-likeness (QED) is 0.456. The van der Waals surface area contributed by atoms with Gasteiger partial charge in [-0.05, 0) is 57.0 Å². The Kier molecular flexibility index (Phi) is 8.65. The standard InChI is InChI=1S/C25H30N2O5S/c1-5-31-23-14-19(9-10-22(23)30-4)11-12-26-24(28)16-33(29)15-21-18(3)32-25(27-21)20-8-6-7-17(2)13-20/h6-10,13-14H,5,11-12,15-16H2,1-4H3,(H,26,28). The molecule has 1 heterocycles. The number of hydrogen-bond donors (Lipinski definition) is 1. The molecule has 1 N–H and O–H groups in total. The maximum atomic E-state index is 12.5. The first-order valence-electron chi connectivity index (χ1n) is 10.8. The normalized spacial score (nSPS) is 11.8. The van der Waals surface area contributed by atoms with Crippen LogP contribution < -0.4 is 14.8 Å². The molecule has 8 heteroatoms. The summed E-state index contributed by atoms with van der Waals surface area (Å²) in [7, 11) is 0.210. The van der Waals surface area contributed by atoms with Crippen LogP contribution in [0.25, 0.3) is 11.5 Å². The van der Waals surface area contributed by atoms with Crippen molar-refractivity contribution in [3.8, 4) is 23.0 Å². The van der Waals surface area contributed by atoms with Gasteiger partial charge in [0, 0.05) is 22.9 Å². The zero-order chi connectivity index (χ0) is 23.8. The van der Waals surface area contributed by atoms with Crippen LogP contribution in [0.3, 0.4) is 0 Å². The number of carbonyl (C=O) groups is 1. The Hall–Kier alpha value is -3.13. The van der Waals surface area contributed by atoms with Gasteiger partial charge in [-0.3, -0.25) is 9.00 Å². The van der Waals surface area contributed by atoms with Gasteiger partial charge < -0.3 is 19.2 Å². The van der Waals surface area contributed by atoms with Crippen molar-refractivity contribution in [1.29, 1.82) is 0 Å². The number of aromatic nitrogens is 1. The van der Waals surface area contributed by atoms with E-state index >= 15 is 0 Å². The minimum Gasteiger partial charge on any atom is -0.493 e. The topological polar surface area (TPSA) is 90.7 Å². The lowest BCUT2D eigenvalue weighted by Gasteiger charge is -2.11. The third-order valence-corrected chi connectivity index (χ3v) is 6.19. The molecular formula is C25H30N2O5S. The van der Waals surface area contributed by atoms with Crippen LogP contribution in [-0.4, -0.2) is 41.1 Å². The van der Waals surface area contributed by atoms with Crippen LogP contribution in [0.15, 0.2) is 46.9 Å². The molecule has 0 saturated heterocycles. The number of ether oxygens (including phenoxy) is 2. The van der Waals surface area contributed by atoms with Gasteiger partial charge >= 0.3 is 0 Å². The third kappa shape index (κ3) is 6.92. The summed E-state index contributed by atoms with van der Waals surface area (Å²) in [6.07, 6.45) is 0.630. The van der Waals surface area contributed by atoms with E-state index in [1.807, 2.05) is 56.3 Å². The molecule has 2 aromatic carbocycles. The van der Waals surface area contributed by atoms with E-state index in [4.69, 9.17) is 13.9 Å². The minimum absolute atomic E-state index is 0.0844. The molecule has 3 rings (SSSR count). The number of benzene rings is 2. The number of carbonyl (C=O) groups excluding carboxylic acids is 1. The molecule has 1 amide bonds. The molecule has 0 aliphatic heterocycles. The maximum absolute atomic E-state index is 12.5. The number of nitrogens with one attached hydrogen (secondary N) is 1. The Morgan fingerprint density at radius 3 is 2.70 bits per heavy atom. The lowest BCUT2D eigenvalue weighted by molar-refractivity contribution is -0.118. The Morgan fingerprint density at radius 2 is 1.97 bits per heavy atom. The Labute approximate surface area is 197 Å². The first-order valence-corrected chi connectivity index (χ1v) is 12.3. The number of amides is 1. The summed E-state index contributed by atoms with van der Waals surface area (Å²) in [6, 6.07) is 13.5. The van der Waals surface area contributed by atoms with E-state index in [1.54, 1.807) is 14.0 Å². The summed E-state index contributed by atoms with van der Waals surface area (Å²) >= 11 is 0. The van der Waals surface area contributed by atoms with E-state index in [9.17, 15) is 9.00 Å². The molecule has 1 aromatic heterocycles. The van der Waals surface area contributed by atoms with E-state index in [1.165, 1.54) is 0 Å². The fourth-order valence-corrected chi connectivity index (χ4v) is 4.42. The third-order valence-electron chi connectivity index (χ3n) is 5.01. The molecule has 0 aliphatic carbocycles. The second kappa shape index (κ2) is 11.7. The molecule has 0 aliphatic rings. The van der Waals surface area contributed by atoms with E-state index < -0.39 is 10.8 Å². The number of hydrogen-bond acceptors (Lipinski definition) is 6. The van der Waals surface area contributed by atoms with Gasteiger partial charge in [-0.2, -0.15) is 0 Å². The van der Waals surface area contributed by atoms with Crippen molar-refractivity contribution in [1.82, 2.24) is 10.3 Å². The van der Waals surface area contributed by atoms with Crippen LogP contribution in [0.2, 0.25) is 0 Å². The highest BCUT2D eigenvalue weighted by Crippen LogP contribution is 2.28. The lowest BCUT2D eigenvalue weighted by atomic mass is 10.1. The van der Waals surface area contributed by atoms with E-state index in [0.29, 0.717) is 48.4 Å². The lowest BCUT2D eigenvalue weighted by Crippen LogP contribution is -2.30. The molecule has 0 saturated carbocycles. The molecule has 0 spiro atoms. The molecule has 33 heavy (non-hydrogen) atoms. The minimum atomic E-state index is -1.39. The van der Waals surface area contributed by atoms with Crippen LogP contribution in [0.1, 0.15) is 29.5 Å². The first-order chi connectivity index (χ1) is 15.9. The monoisotopic (exact) mass is 470 g/mol. The second-order valence-electron chi connectivity index (χ2n) is 7.64. The molecule has 0 radical (unpaired) electrons. The summed E-state index contributed by atoms with van der Waals surface area (Å²) in [6.45, 7) is 6.69. The average molecular weight is 471 g/mol. The van der Waals surface area contributed by atoms with Gasteiger partial charge in [-0.25, -0.2) is 4.98 Å². The maximum Gasteiger partial charge on any atom is 0.232 e. The molecule has 0 bridgehead atoms. The summed E-state index contributed by atoms with van der Waals surface area (Å²) in [4.78, 5) is 16.8. The van der Waals surface area contributed by atoms with Gasteiger partial charge in [0.25, 0.3) is 0 Å². The average Bonchev–Trinajstić information content (AvgIpc) is 3.14. The van der Waals surface area contributed by atoms with Gasteiger partial charge in [-0.1, -0.05) is 23.8 Å². The van der Waals surface area contributed by atoms with Crippen LogP contribution in [0, 0.1) is 13.8 Å². The molecule has 0 fully saturated rings. The summed E-state index contributed by atoms with van der Waals surface area (Å²) in [5.74, 6) is 2.30. The van der Waals surface area contributed by atoms with Crippen molar-refractivity contribution in [2.45, 2.75) is 32.9 Å². The predicted molar refractivity (Wildman–Crippen MR) is 129 cm³/mol. The molecule has 3 aromatic rings. The van der Waals surface area contributed by atoms with Gasteiger partial charge in [0.1, 0.15) is 11.5 Å². The van der Waals surface area contributed by atoms with Gasteiger partial charge in [0.15, 0.2) is 11.5 Å². The van der Waals surface area contributed by atoms with E-state index in [2.05, 4.69) is 10.3 Å². The highest BCUT2D eigenvalue weighted by Gasteiger charge is 2.16. The van der Waals surface area contributed by atoms with Crippen molar-refractivity contribution in [3.63, 3.8) is 0 Å². The Balaban J connectivity index is 1.49. The Bertz CT molecular complexity index is 1130. The Morgan fingerprint density at radius 1 is 1.15 bits per heavy atom. The zero-order valence-electron chi connectivity index (χ0n) is 19.5. The van der Waals surface area contributed by atoms with Crippen LogP contribution in [-0.2, 0) is 27.8 Å². The van der Waals surface area contributed by atoms with Crippen molar-refractivity contribution in [3.05, 3.63) is 65.0 Å². The van der Waals surface area contributed by atoms with Crippen LogP contribution in [0.5, 0.6) is 11.5 Å². The first kappa shape index (κ1) is 24.5. The number of rotatable bonds is 11. The predicted octanol–water partition coefficient (Wildman–Crippen LogP) is 3.97. The van der Waals surface area contributed by atoms with Gasteiger partial charge in [0.2, 0.25) is 11.8 Å². The van der Waals surface area contributed by atoms with Crippen LogP contribution in [0.4, 0.5) is 0 Å². The second-order valence-corrected chi connectivity index (χ2v) is 9.10. The summed E-state index contributed by atoms with van der Waals surface area (Å²) in [5.41, 5.74) is 3.61. The highest BCUT2D eigenvalue weighted by molar-refractivity contribution is 7.84. The van der Waals surface area contributed by atoms with Crippen molar-refractivity contribution < 1.29 is 22.9 Å². The molecule has 1 unspecified atom stereocenters. The van der Waals surface area contributed by atoms with Gasteiger partial charge in [-0.15, -0.1) is 0 Å². The molecule has 1 atom stereocenters.